The number of anilines is 2. The van der Waals surface area contributed by atoms with Crippen LogP contribution in [0.1, 0.15) is 0 Å². The standard InChI is InChI=1S/C16H13FN2O4/c17-10-4-1-2-6-12(10)22-8-14(20)18-11-5-3-7-13-16(11)19-15(21)9-23-13/h1-7H,8-9H2,(H,18,20)(H,19,21). The van der Waals surface area contributed by atoms with E-state index in [0.717, 1.165) is 0 Å². The lowest BCUT2D eigenvalue weighted by molar-refractivity contribution is -0.119. The maximum absolute atomic E-state index is 13.4. The van der Waals surface area contributed by atoms with Gasteiger partial charge in [-0.3, -0.25) is 9.59 Å². The first-order chi connectivity index (χ1) is 11.1. The number of hydrogen-bond donors (Lipinski definition) is 2. The van der Waals surface area contributed by atoms with Crippen molar-refractivity contribution in [1.29, 1.82) is 0 Å². The van der Waals surface area contributed by atoms with Crippen LogP contribution in [-0.2, 0) is 9.59 Å². The highest BCUT2D eigenvalue weighted by Crippen LogP contribution is 2.34. The second-order valence-corrected chi connectivity index (χ2v) is 4.78. The summed E-state index contributed by atoms with van der Waals surface area (Å²) >= 11 is 0. The Morgan fingerprint density at radius 2 is 2.09 bits per heavy atom. The molecule has 0 bridgehead atoms. The topological polar surface area (TPSA) is 76.7 Å². The Morgan fingerprint density at radius 3 is 2.91 bits per heavy atom. The molecule has 2 amide bonds. The molecule has 0 aromatic heterocycles. The van der Waals surface area contributed by atoms with E-state index in [0.29, 0.717) is 17.1 Å². The number of nitrogens with one attached hydrogen (secondary N) is 2. The molecule has 23 heavy (non-hydrogen) atoms. The minimum atomic E-state index is -0.543. The van der Waals surface area contributed by atoms with E-state index >= 15 is 0 Å². The van der Waals surface area contributed by atoms with Crippen LogP contribution in [0.15, 0.2) is 42.5 Å². The molecule has 0 saturated carbocycles. The molecular weight excluding hydrogens is 303 g/mol. The van der Waals surface area contributed by atoms with Crippen LogP contribution >= 0.6 is 0 Å². The SMILES string of the molecule is O=C(COc1ccccc1F)Nc1cccc2c1NC(=O)CO2. The van der Waals surface area contributed by atoms with Crippen LogP contribution in [0.3, 0.4) is 0 Å². The lowest BCUT2D eigenvalue weighted by atomic mass is 10.2. The zero-order valence-electron chi connectivity index (χ0n) is 12.0. The van der Waals surface area contributed by atoms with Gasteiger partial charge >= 0.3 is 0 Å². The predicted octanol–water partition coefficient (Wildman–Crippen LogP) is 2.17. The third-order valence-electron chi connectivity index (χ3n) is 3.12. The smallest absolute Gasteiger partial charge is 0.262 e. The monoisotopic (exact) mass is 316 g/mol. The van der Waals surface area contributed by atoms with Crippen molar-refractivity contribution >= 4 is 23.2 Å². The van der Waals surface area contributed by atoms with Crippen molar-refractivity contribution in [2.45, 2.75) is 0 Å². The molecule has 1 aliphatic rings. The molecule has 1 aliphatic heterocycles. The van der Waals surface area contributed by atoms with Crippen LogP contribution in [0.5, 0.6) is 11.5 Å². The van der Waals surface area contributed by atoms with E-state index in [2.05, 4.69) is 10.6 Å². The first-order valence-electron chi connectivity index (χ1n) is 6.86. The van der Waals surface area contributed by atoms with Crippen molar-refractivity contribution in [3.63, 3.8) is 0 Å². The summed E-state index contributed by atoms with van der Waals surface area (Å²) in [4.78, 5) is 23.3. The van der Waals surface area contributed by atoms with Gasteiger partial charge in [0.25, 0.3) is 11.8 Å². The van der Waals surface area contributed by atoms with Gasteiger partial charge in [0.2, 0.25) is 0 Å². The van der Waals surface area contributed by atoms with Gasteiger partial charge in [0, 0.05) is 0 Å². The Kier molecular flexibility index (Phi) is 4.09. The summed E-state index contributed by atoms with van der Waals surface area (Å²) in [6, 6.07) is 10.8. The second-order valence-electron chi connectivity index (χ2n) is 4.78. The highest BCUT2D eigenvalue weighted by atomic mass is 19.1. The van der Waals surface area contributed by atoms with Crippen molar-refractivity contribution in [2.75, 3.05) is 23.8 Å². The molecule has 2 aromatic rings. The van der Waals surface area contributed by atoms with E-state index in [1.165, 1.54) is 18.2 Å². The van der Waals surface area contributed by atoms with Crippen molar-refractivity contribution < 1.29 is 23.5 Å². The molecule has 1 heterocycles. The number of amides is 2. The maximum atomic E-state index is 13.4. The molecule has 7 heteroatoms. The van der Waals surface area contributed by atoms with Gasteiger partial charge in [-0.2, -0.15) is 0 Å². The number of halogens is 1. The Morgan fingerprint density at radius 1 is 1.26 bits per heavy atom. The average molecular weight is 316 g/mol. The third-order valence-corrected chi connectivity index (χ3v) is 3.12. The van der Waals surface area contributed by atoms with Crippen molar-refractivity contribution in [1.82, 2.24) is 0 Å². The normalized spacial score (nSPS) is 12.7. The van der Waals surface area contributed by atoms with Crippen molar-refractivity contribution in [2.24, 2.45) is 0 Å². The molecule has 0 aliphatic carbocycles. The predicted molar refractivity (Wildman–Crippen MR) is 81.1 cm³/mol. The van der Waals surface area contributed by atoms with E-state index in [4.69, 9.17) is 9.47 Å². The summed E-state index contributed by atoms with van der Waals surface area (Å²) in [5, 5.41) is 5.24. The largest absolute Gasteiger partial charge is 0.481 e. The molecule has 3 rings (SSSR count). The molecular formula is C16H13FN2O4. The summed E-state index contributed by atoms with van der Waals surface area (Å²) in [6.07, 6.45) is 0. The van der Waals surface area contributed by atoms with E-state index in [1.807, 2.05) is 0 Å². The quantitative estimate of drug-likeness (QED) is 0.906. The van der Waals surface area contributed by atoms with Crippen LogP contribution in [0, 0.1) is 5.82 Å². The molecule has 0 radical (unpaired) electrons. The van der Waals surface area contributed by atoms with Crippen LogP contribution in [0.25, 0.3) is 0 Å². The molecule has 2 aromatic carbocycles. The number of para-hydroxylation sites is 2. The Balaban J connectivity index is 1.67. The van der Waals surface area contributed by atoms with Crippen molar-refractivity contribution in [3.8, 4) is 11.5 Å². The minimum Gasteiger partial charge on any atom is -0.481 e. The van der Waals surface area contributed by atoms with Gasteiger partial charge in [0.1, 0.15) is 11.4 Å². The van der Waals surface area contributed by atoms with Gasteiger partial charge in [-0.1, -0.05) is 18.2 Å². The number of carbonyl (C=O) groups is 2. The third kappa shape index (κ3) is 3.39. The van der Waals surface area contributed by atoms with E-state index in [1.54, 1.807) is 24.3 Å². The van der Waals surface area contributed by atoms with Crippen LogP contribution < -0.4 is 20.1 Å². The lowest BCUT2D eigenvalue weighted by Gasteiger charge is -2.20. The molecule has 0 atom stereocenters. The molecule has 2 N–H and O–H groups in total. The highest BCUT2D eigenvalue weighted by Gasteiger charge is 2.20. The number of benzene rings is 2. The fourth-order valence-corrected chi connectivity index (χ4v) is 2.09. The maximum Gasteiger partial charge on any atom is 0.262 e. The summed E-state index contributed by atoms with van der Waals surface area (Å²) < 4.78 is 23.8. The molecule has 0 fully saturated rings. The van der Waals surface area contributed by atoms with Gasteiger partial charge in [-0.25, -0.2) is 4.39 Å². The Bertz CT molecular complexity index is 763. The van der Waals surface area contributed by atoms with E-state index in [9.17, 15) is 14.0 Å². The second kappa shape index (κ2) is 6.35. The molecule has 0 unspecified atom stereocenters. The summed E-state index contributed by atoms with van der Waals surface area (Å²) in [7, 11) is 0. The zero-order valence-corrected chi connectivity index (χ0v) is 12.0. The number of ether oxygens (including phenoxy) is 2. The first-order valence-corrected chi connectivity index (χ1v) is 6.86. The fraction of sp³-hybridized carbons (Fsp3) is 0.125. The zero-order chi connectivity index (χ0) is 16.2. The molecule has 6 nitrogen and oxygen atoms in total. The molecule has 0 spiro atoms. The van der Waals surface area contributed by atoms with Crippen LogP contribution in [0.4, 0.5) is 15.8 Å². The number of rotatable bonds is 4. The minimum absolute atomic E-state index is 0.00521. The van der Waals surface area contributed by atoms with Gasteiger partial charge in [0.15, 0.2) is 24.8 Å². The number of hydrogen-bond acceptors (Lipinski definition) is 4. The first kappa shape index (κ1) is 14.8. The summed E-state index contributed by atoms with van der Waals surface area (Å²) in [6.45, 7) is -0.430. The van der Waals surface area contributed by atoms with Gasteiger partial charge in [-0.05, 0) is 24.3 Å². The van der Waals surface area contributed by atoms with Gasteiger partial charge in [0.05, 0.1) is 5.69 Å². The number of fused-ring (bicyclic) bond motifs is 1. The summed E-state index contributed by atoms with van der Waals surface area (Å²) in [5.41, 5.74) is 0.778. The van der Waals surface area contributed by atoms with Crippen LogP contribution in [-0.4, -0.2) is 25.0 Å². The highest BCUT2D eigenvalue weighted by molar-refractivity contribution is 6.03. The Labute approximate surface area is 131 Å². The molecule has 0 saturated heterocycles. The number of carbonyl (C=O) groups excluding carboxylic acids is 2. The van der Waals surface area contributed by atoms with E-state index in [-0.39, 0.29) is 24.9 Å². The lowest BCUT2D eigenvalue weighted by Crippen LogP contribution is -2.27. The van der Waals surface area contributed by atoms with Crippen LogP contribution in [0.2, 0.25) is 0 Å². The summed E-state index contributed by atoms with van der Waals surface area (Å²) in [5.74, 6) is -0.867. The average Bonchev–Trinajstić information content (AvgIpc) is 2.55. The van der Waals surface area contributed by atoms with E-state index < -0.39 is 11.7 Å². The van der Waals surface area contributed by atoms with Crippen molar-refractivity contribution in [3.05, 3.63) is 48.3 Å². The molecule has 118 valence electrons. The van der Waals surface area contributed by atoms with Gasteiger partial charge in [-0.15, -0.1) is 0 Å². The Hall–Kier alpha value is -3.09. The fourth-order valence-electron chi connectivity index (χ4n) is 2.09. The van der Waals surface area contributed by atoms with Gasteiger partial charge < -0.3 is 20.1 Å².